The van der Waals surface area contributed by atoms with Crippen LogP contribution < -0.4 is 5.73 Å². The summed E-state index contributed by atoms with van der Waals surface area (Å²) in [5.41, 5.74) is 6.20. The molecule has 128 valence electrons. The van der Waals surface area contributed by atoms with Gasteiger partial charge in [-0.15, -0.1) is 0 Å². The quantitative estimate of drug-likeness (QED) is 0.779. The average molecular weight is 334 g/mol. The van der Waals surface area contributed by atoms with E-state index in [1.807, 2.05) is 35.2 Å². The Balaban J connectivity index is 2.09. The summed E-state index contributed by atoms with van der Waals surface area (Å²) in [7, 11) is 0. The van der Waals surface area contributed by atoms with Crippen LogP contribution in [0.25, 0.3) is 0 Å². The van der Waals surface area contributed by atoms with E-state index >= 15 is 0 Å². The molecule has 6 heteroatoms. The summed E-state index contributed by atoms with van der Waals surface area (Å²) < 4.78 is 26.8. The molecule has 0 aromatic heterocycles. The van der Waals surface area contributed by atoms with E-state index in [0.29, 0.717) is 13.1 Å². The van der Waals surface area contributed by atoms with E-state index in [0.717, 1.165) is 17.7 Å². The predicted octanol–water partition coefficient (Wildman–Crippen LogP) is 2.38. The smallest absolute Gasteiger partial charge is 0.218 e. The number of aliphatic hydroxyl groups is 1. The molecule has 0 aliphatic rings. The number of nitrogens with two attached hydrogens (primary N) is 1. The van der Waals surface area contributed by atoms with Crippen molar-refractivity contribution >= 4 is 5.91 Å². The highest BCUT2D eigenvalue weighted by Gasteiger charge is 2.18. The van der Waals surface area contributed by atoms with Gasteiger partial charge in [-0.2, -0.15) is 0 Å². The minimum absolute atomic E-state index is 0.0218. The van der Waals surface area contributed by atoms with Crippen molar-refractivity contribution in [2.45, 2.75) is 19.1 Å². The number of halogens is 2. The van der Waals surface area contributed by atoms with Crippen LogP contribution >= 0.6 is 0 Å². The van der Waals surface area contributed by atoms with Crippen LogP contribution in [0, 0.1) is 11.6 Å². The lowest BCUT2D eigenvalue weighted by Crippen LogP contribution is -2.32. The fraction of sp³-hybridized carbons (Fsp3) is 0.278. The van der Waals surface area contributed by atoms with E-state index in [9.17, 15) is 18.7 Å². The molecular formula is C18H20F2N2O2. The number of hydrogen-bond donors (Lipinski definition) is 2. The van der Waals surface area contributed by atoms with E-state index in [1.54, 1.807) is 0 Å². The molecule has 1 unspecified atom stereocenters. The topological polar surface area (TPSA) is 66.6 Å². The van der Waals surface area contributed by atoms with Gasteiger partial charge < -0.3 is 10.8 Å². The molecule has 1 atom stereocenters. The van der Waals surface area contributed by atoms with Gasteiger partial charge in [-0.3, -0.25) is 9.69 Å². The molecule has 24 heavy (non-hydrogen) atoms. The van der Waals surface area contributed by atoms with Gasteiger partial charge in [0.2, 0.25) is 5.91 Å². The SMILES string of the molecule is NC(=O)CCN(Cc1ccccc1)CC(O)c1ccc(F)cc1F. The number of hydrogen-bond acceptors (Lipinski definition) is 3. The molecule has 0 aliphatic carbocycles. The molecule has 0 saturated heterocycles. The lowest BCUT2D eigenvalue weighted by Gasteiger charge is -2.25. The first-order valence-electron chi connectivity index (χ1n) is 7.63. The Labute approximate surface area is 139 Å². The lowest BCUT2D eigenvalue weighted by molar-refractivity contribution is -0.118. The normalized spacial score (nSPS) is 12.3. The Hall–Kier alpha value is -2.31. The van der Waals surface area contributed by atoms with E-state index in [-0.39, 0.29) is 18.5 Å². The summed E-state index contributed by atoms with van der Waals surface area (Å²) in [5.74, 6) is -1.94. The van der Waals surface area contributed by atoms with Gasteiger partial charge in [-0.1, -0.05) is 36.4 Å². The zero-order chi connectivity index (χ0) is 17.5. The fourth-order valence-electron chi connectivity index (χ4n) is 2.46. The van der Waals surface area contributed by atoms with Crippen molar-refractivity contribution in [2.24, 2.45) is 5.73 Å². The van der Waals surface area contributed by atoms with E-state index in [4.69, 9.17) is 5.73 Å². The molecule has 2 rings (SSSR count). The van der Waals surface area contributed by atoms with E-state index < -0.39 is 23.6 Å². The van der Waals surface area contributed by atoms with Crippen LogP contribution in [0.3, 0.4) is 0 Å². The summed E-state index contributed by atoms with van der Waals surface area (Å²) in [5, 5.41) is 10.3. The monoisotopic (exact) mass is 334 g/mol. The summed E-state index contributed by atoms with van der Waals surface area (Å²) in [6.07, 6.45) is -1.01. The van der Waals surface area contributed by atoms with Crippen LogP contribution in [0.4, 0.5) is 8.78 Å². The number of amides is 1. The van der Waals surface area contributed by atoms with Gasteiger partial charge in [0, 0.05) is 37.7 Å². The van der Waals surface area contributed by atoms with Gasteiger partial charge in [0.15, 0.2) is 0 Å². The van der Waals surface area contributed by atoms with Crippen LogP contribution in [-0.2, 0) is 11.3 Å². The van der Waals surface area contributed by atoms with Gasteiger partial charge in [-0.05, 0) is 11.6 Å². The van der Waals surface area contributed by atoms with Gasteiger partial charge in [0.05, 0.1) is 6.10 Å². The third kappa shape index (κ3) is 5.40. The highest BCUT2D eigenvalue weighted by molar-refractivity contribution is 5.73. The Bertz CT molecular complexity index is 680. The first-order chi connectivity index (χ1) is 11.5. The maximum absolute atomic E-state index is 13.8. The number of rotatable bonds is 8. The highest BCUT2D eigenvalue weighted by atomic mass is 19.1. The molecule has 1 amide bonds. The van der Waals surface area contributed by atoms with Gasteiger partial charge in [0.1, 0.15) is 11.6 Å². The molecule has 2 aromatic rings. The van der Waals surface area contributed by atoms with Crippen molar-refractivity contribution in [3.8, 4) is 0 Å². The molecule has 0 fully saturated rings. The van der Waals surface area contributed by atoms with Gasteiger partial charge >= 0.3 is 0 Å². The standard InChI is InChI=1S/C18H20F2N2O2/c19-14-6-7-15(16(20)10-14)17(23)12-22(9-8-18(21)24)11-13-4-2-1-3-5-13/h1-7,10,17,23H,8-9,11-12H2,(H2,21,24). The lowest BCUT2D eigenvalue weighted by atomic mass is 10.1. The molecule has 0 saturated carbocycles. The van der Waals surface area contributed by atoms with Crippen LogP contribution in [0.1, 0.15) is 23.7 Å². The number of aliphatic hydroxyl groups excluding tert-OH is 1. The predicted molar refractivity (Wildman–Crippen MR) is 86.8 cm³/mol. The second kappa shape index (κ2) is 8.52. The van der Waals surface area contributed by atoms with Crippen molar-refractivity contribution in [2.75, 3.05) is 13.1 Å². The third-order valence-corrected chi connectivity index (χ3v) is 3.68. The minimum atomic E-state index is -1.14. The summed E-state index contributed by atoms with van der Waals surface area (Å²) in [4.78, 5) is 12.8. The molecule has 2 aromatic carbocycles. The summed E-state index contributed by atoms with van der Waals surface area (Å²) >= 11 is 0. The zero-order valence-corrected chi connectivity index (χ0v) is 13.2. The summed E-state index contributed by atoms with van der Waals surface area (Å²) in [6, 6.07) is 12.6. The van der Waals surface area contributed by atoms with Gasteiger partial charge in [-0.25, -0.2) is 8.78 Å². The fourth-order valence-corrected chi connectivity index (χ4v) is 2.46. The second-order valence-corrected chi connectivity index (χ2v) is 5.62. The molecule has 0 aliphatic heterocycles. The third-order valence-electron chi connectivity index (χ3n) is 3.68. The van der Waals surface area contributed by atoms with Crippen molar-refractivity contribution in [3.05, 3.63) is 71.3 Å². The number of nitrogens with zero attached hydrogens (tertiary/aromatic N) is 1. The van der Waals surface area contributed by atoms with E-state index in [2.05, 4.69) is 0 Å². The first kappa shape index (κ1) is 18.0. The number of benzene rings is 2. The van der Waals surface area contributed by atoms with E-state index in [1.165, 1.54) is 6.07 Å². The van der Waals surface area contributed by atoms with Crippen molar-refractivity contribution in [3.63, 3.8) is 0 Å². The maximum atomic E-state index is 13.8. The molecule has 4 nitrogen and oxygen atoms in total. The van der Waals surface area contributed by atoms with Crippen LogP contribution in [-0.4, -0.2) is 29.0 Å². The number of carbonyl (C=O) groups is 1. The van der Waals surface area contributed by atoms with Crippen molar-refractivity contribution in [1.82, 2.24) is 4.90 Å². The average Bonchev–Trinajstić information content (AvgIpc) is 2.53. The van der Waals surface area contributed by atoms with Crippen LogP contribution in [0.5, 0.6) is 0 Å². The molecule has 0 spiro atoms. The molecular weight excluding hydrogens is 314 g/mol. The molecule has 3 N–H and O–H groups in total. The number of primary amides is 1. The number of carbonyl (C=O) groups excluding carboxylic acids is 1. The van der Waals surface area contributed by atoms with Crippen LogP contribution in [0.15, 0.2) is 48.5 Å². The molecule has 0 radical (unpaired) electrons. The van der Waals surface area contributed by atoms with Crippen molar-refractivity contribution < 1.29 is 18.7 Å². The largest absolute Gasteiger partial charge is 0.387 e. The Morgan fingerprint density at radius 1 is 1.17 bits per heavy atom. The Morgan fingerprint density at radius 3 is 2.50 bits per heavy atom. The highest BCUT2D eigenvalue weighted by Crippen LogP contribution is 2.20. The minimum Gasteiger partial charge on any atom is -0.387 e. The maximum Gasteiger partial charge on any atom is 0.218 e. The molecule has 0 heterocycles. The summed E-state index contributed by atoms with van der Waals surface area (Å²) in [6.45, 7) is 0.919. The first-order valence-corrected chi connectivity index (χ1v) is 7.63. The van der Waals surface area contributed by atoms with Crippen LogP contribution in [0.2, 0.25) is 0 Å². The molecule has 0 bridgehead atoms. The Morgan fingerprint density at radius 2 is 1.88 bits per heavy atom. The zero-order valence-electron chi connectivity index (χ0n) is 13.2. The Kier molecular flexibility index (Phi) is 6.40. The second-order valence-electron chi connectivity index (χ2n) is 5.62. The van der Waals surface area contributed by atoms with Gasteiger partial charge in [0.25, 0.3) is 0 Å². The van der Waals surface area contributed by atoms with Crippen molar-refractivity contribution in [1.29, 1.82) is 0 Å².